The van der Waals surface area contributed by atoms with E-state index in [0.717, 1.165) is 54.1 Å². The molecule has 0 bridgehead atoms. The number of anilines is 1. The fraction of sp³-hybridized carbons (Fsp3) is 0.381. The Kier molecular flexibility index (Phi) is 4.02. The van der Waals surface area contributed by atoms with Gasteiger partial charge < -0.3 is 9.64 Å². The Morgan fingerprint density at radius 2 is 1.96 bits per heavy atom. The highest BCUT2D eigenvalue weighted by atomic mass is 16.5. The van der Waals surface area contributed by atoms with Crippen LogP contribution in [0.1, 0.15) is 25.7 Å². The van der Waals surface area contributed by atoms with Crippen molar-refractivity contribution < 1.29 is 4.74 Å². The van der Waals surface area contributed by atoms with E-state index in [0.29, 0.717) is 12.1 Å². The SMILES string of the molecule is c1cncc(-c2nc(N3CCCO[C@H]4CCC[C@@H]43)c3ccccc3n2)c1. The third-order valence-corrected chi connectivity index (χ3v) is 5.47. The van der Waals surface area contributed by atoms with Crippen LogP contribution < -0.4 is 4.90 Å². The maximum absolute atomic E-state index is 6.11. The molecule has 2 aliphatic rings. The minimum atomic E-state index is 0.327. The van der Waals surface area contributed by atoms with Gasteiger partial charge in [0.25, 0.3) is 0 Å². The summed E-state index contributed by atoms with van der Waals surface area (Å²) in [6, 6.07) is 12.7. The molecule has 26 heavy (non-hydrogen) atoms. The predicted octanol–water partition coefficient (Wildman–Crippen LogP) is 3.84. The van der Waals surface area contributed by atoms with Gasteiger partial charge in [0.1, 0.15) is 5.82 Å². The summed E-state index contributed by atoms with van der Waals surface area (Å²) >= 11 is 0. The van der Waals surface area contributed by atoms with E-state index >= 15 is 0 Å². The Bertz CT molecular complexity index is 914. The molecule has 2 atom stereocenters. The smallest absolute Gasteiger partial charge is 0.163 e. The minimum Gasteiger partial charge on any atom is -0.376 e. The average molecular weight is 346 g/mol. The van der Waals surface area contributed by atoms with Gasteiger partial charge in [0.05, 0.1) is 17.7 Å². The number of nitrogens with zero attached hydrogens (tertiary/aromatic N) is 4. The van der Waals surface area contributed by atoms with Gasteiger partial charge in [-0.05, 0) is 49.9 Å². The largest absolute Gasteiger partial charge is 0.376 e. The van der Waals surface area contributed by atoms with Crippen molar-refractivity contribution in [1.29, 1.82) is 0 Å². The molecule has 3 heterocycles. The second-order valence-corrected chi connectivity index (χ2v) is 7.08. The molecule has 0 spiro atoms. The van der Waals surface area contributed by atoms with Crippen LogP contribution in [0.2, 0.25) is 0 Å². The van der Waals surface area contributed by atoms with Gasteiger partial charge in [-0.1, -0.05) is 12.1 Å². The quantitative estimate of drug-likeness (QED) is 0.706. The van der Waals surface area contributed by atoms with Crippen LogP contribution in [-0.4, -0.2) is 40.2 Å². The van der Waals surface area contributed by atoms with E-state index in [2.05, 4.69) is 28.1 Å². The highest BCUT2D eigenvalue weighted by molar-refractivity contribution is 5.91. The maximum Gasteiger partial charge on any atom is 0.163 e. The Labute approximate surface area is 153 Å². The number of benzene rings is 1. The molecule has 1 aliphatic heterocycles. The van der Waals surface area contributed by atoms with Crippen LogP contribution in [0.3, 0.4) is 0 Å². The second-order valence-electron chi connectivity index (χ2n) is 7.08. The number of hydrogen-bond acceptors (Lipinski definition) is 5. The summed E-state index contributed by atoms with van der Waals surface area (Å²) < 4.78 is 6.11. The number of rotatable bonds is 2. The van der Waals surface area contributed by atoms with E-state index < -0.39 is 0 Å². The zero-order valence-corrected chi connectivity index (χ0v) is 14.7. The second kappa shape index (κ2) is 6.65. The van der Waals surface area contributed by atoms with Crippen LogP contribution in [0.15, 0.2) is 48.8 Å². The van der Waals surface area contributed by atoms with E-state index in [4.69, 9.17) is 14.7 Å². The summed E-state index contributed by atoms with van der Waals surface area (Å²) in [6.45, 7) is 1.82. The molecule has 0 amide bonds. The molecule has 2 fully saturated rings. The van der Waals surface area contributed by atoms with Crippen molar-refractivity contribution in [2.45, 2.75) is 37.8 Å². The van der Waals surface area contributed by atoms with Gasteiger partial charge >= 0.3 is 0 Å². The molecule has 1 saturated carbocycles. The molecule has 0 N–H and O–H groups in total. The lowest BCUT2D eigenvalue weighted by molar-refractivity contribution is 0.0591. The molecular formula is C21H22N4O. The molecule has 1 aliphatic carbocycles. The summed E-state index contributed by atoms with van der Waals surface area (Å²) in [5.41, 5.74) is 1.93. The van der Waals surface area contributed by atoms with Crippen molar-refractivity contribution in [3.05, 3.63) is 48.8 Å². The molecule has 5 rings (SSSR count). The number of ether oxygens (including phenoxy) is 1. The van der Waals surface area contributed by atoms with Crippen LogP contribution >= 0.6 is 0 Å². The molecule has 132 valence electrons. The fourth-order valence-corrected chi connectivity index (χ4v) is 4.26. The molecule has 0 radical (unpaired) electrons. The lowest BCUT2D eigenvalue weighted by Crippen LogP contribution is -2.40. The first-order valence-electron chi connectivity index (χ1n) is 9.45. The normalized spacial score (nSPS) is 23.0. The van der Waals surface area contributed by atoms with Crippen molar-refractivity contribution in [3.63, 3.8) is 0 Å². The fourth-order valence-electron chi connectivity index (χ4n) is 4.26. The molecular weight excluding hydrogens is 324 g/mol. The molecule has 1 saturated heterocycles. The lowest BCUT2D eigenvalue weighted by Gasteiger charge is -2.32. The Balaban J connectivity index is 1.68. The van der Waals surface area contributed by atoms with Gasteiger partial charge in [-0.25, -0.2) is 9.97 Å². The van der Waals surface area contributed by atoms with Gasteiger partial charge in [-0.15, -0.1) is 0 Å². The molecule has 0 unspecified atom stereocenters. The monoisotopic (exact) mass is 346 g/mol. The van der Waals surface area contributed by atoms with E-state index in [9.17, 15) is 0 Å². The number of para-hydroxylation sites is 1. The molecule has 2 aromatic heterocycles. The summed E-state index contributed by atoms with van der Waals surface area (Å²) in [5, 5.41) is 1.12. The van der Waals surface area contributed by atoms with Gasteiger partial charge in [0.15, 0.2) is 5.82 Å². The van der Waals surface area contributed by atoms with Gasteiger partial charge in [0, 0.05) is 36.5 Å². The van der Waals surface area contributed by atoms with Crippen LogP contribution in [0.25, 0.3) is 22.3 Å². The Morgan fingerprint density at radius 1 is 1.00 bits per heavy atom. The van der Waals surface area contributed by atoms with Gasteiger partial charge in [-0.3, -0.25) is 4.98 Å². The lowest BCUT2D eigenvalue weighted by atomic mass is 10.1. The van der Waals surface area contributed by atoms with E-state index in [1.54, 1.807) is 6.20 Å². The van der Waals surface area contributed by atoms with Crippen molar-refractivity contribution in [1.82, 2.24) is 15.0 Å². The standard InChI is InChI=1S/C21H22N4O/c1-2-8-17-16(7-1)21(24-20(23-17)15-6-4-11-22-14-15)25-12-5-13-26-19-10-3-9-18(19)25/h1-2,4,6-8,11,14,18-19H,3,5,9-10,12-13H2/t18-,19-/m0/s1. The number of pyridine rings is 1. The van der Waals surface area contributed by atoms with E-state index in [1.807, 2.05) is 24.4 Å². The molecule has 1 aromatic carbocycles. The summed E-state index contributed by atoms with van der Waals surface area (Å²) in [6.07, 6.45) is 8.52. The van der Waals surface area contributed by atoms with Crippen LogP contribution in [-0.2, 0) is 4.74 Å². The highest BCUT2D eigenvalue weighted by Crippen LogP contribution is 2.35. The van der Waals surface area contributed by atoms with Crippen LogP contribution in [0.5, 0.6) is 0 Å². The number of aromatic nitrogens is 3. The Morgan fingerprint density at radius 3 is 2.88 bits per heavy atom. The minimum absolute atomic E-state index is 0.327. The van der Waals surface area contributed by atoms with Crippen LogP contribution in [0.4, 0.5) is 5.82 Å². The molecule has 5 nitrogen and oxygen atoms in total. The maximum atomic E-state index is 6.11. The summed E-state index contributed by atoms with van der Waals surface area (Å²) in [7, 11) is 0. The van der Waals surface area contributed by atoms with E-state index in [-0.39, 0.29) is 0 Å². The van der Waals surface area contributed by atoms with Crippen molar-refractivity contribution in [2.24, 2.45) is 0 Å². The topological polar surface area (TPSA) is 51.1 Å². The summed E-state index contributed by atoms with van der Waals surface area (Å²) in [4.78, 5) is 16.5. The van der Waals surface area contributed by atoms with Crippen molar-refractivity contribution >= 4 is 16.7 Å². The third-order valence-electron chi connectivity index (χ3n) is 5.47. The zero-order valence-electron chi connectivity index (χ0n) is 14.7. The van der Waals surface area contributed by atoms with Crippen molar-refractivity contribution in [2.75, 3.05) is 18.1 Å². The first-order chi connectivity index (χ1) is 12.9. The van der Waals surface area contributed by atoms with Crippen molar-refractivity contribution in [3.8, 4) is 11.4 Å². The summed E-state index contributed by atoms with van der Waals surface area (Å²) in [5.74, 6) is 1.78. The number of fused-ring (bicyclic) bond motifs is 2. The van der Waals surface area contributed by atoms with Gasteiger partial charge in [-0.2, -0.15) is 0 Å². The number of hydrogen-bond donors (Lipinski definition) is 0. The van der Waals surface area contributed by atoms with E-state index in [1.165, 1.54) is 12.8 Å². The highest BCUT2D eigenvalue weighted by Gasteiger charge is 2.36. The zero-order chi connectivity index (χ0) is 17.3. The molecule has 5 heteroatoms. The Hall–Kier alpha value is -2.53. The van der Waals surface area contributed by atoms with Gasteiger partial charge in [0.2, 0.25) is 0 Å². The third kappa shape index (κ3) is 2.72. The van der Waals surface area contributed by atoms with Crippen LogP contribution in [0, 0.1) is 0 Å². The first-order valence-corrected chi connectivity index (χ1v) is 9.45. The average Bonchev–Trinajstić information content (AvgIpc) is 3.07. The predicted molar refractivity (Wildman–Crippen MR) is 102 cm³/mol. The molecule has 3 aromatic rings. The first kappa shape index (κ1) is 15.7.